The van der Waals surface area contributed by atoms with Crippen molar-refractivity contribution >= 4 is 11.8 Å². The first-order chi connectivity index (χ1) is 12.1. The van der Waals surface area contributed by atoms with Crippen LogP contribution in [0.15, 0.2) is 54.6 Å². The lowest BCUT2D eigenvalue weighted by atomic mass is 10.0. The maximum absolute atomic E-state index is 12.6. The fraction of sp³-hybridized carbons (Fsp3) is 0.300. The Morgan fingerprint density at radius 1 is 1.00 bits per heavy atom. The first-order valence-corrected chi connectivity index (χ1v) is 8.42. The summed E-state index contributed by atoms with van der Waals surface area (Å²) in [4.78, 5) is 24.5. The Hall–Kier alpha value is -2.82. The molecule has 0 spiro atoms. The van der Waals surface area contributed by atoms with Gasteiger partial charge in [0.25, 0.3) is 0 Å². The first kappa shape index (κ1) is 17.0. The molecule has 5 nitrogen and oxygen atoms in total. The van der Waals surface area contributed by atoms with Crippen LogP contribution in [-0.2, 0) is 9.59 Å². The molecule has 5 heteroatoms. The van der Waals surface area contributed by atoms with Crippen LogP contribution in [0.25, 0.3) is 0 Å². The molecule has 1 unspecified atom stereocenters. The van der Waals surface area contributed by atoms with Crippen molar-refractivity contribution in [3.63, 3.8) is 0 Å². The predicted molar refractivity (Wildman–Crippen MR) is 95.2 cm³/mol. The Morgan fingerprint density at radius 2 is 1.64 bits per heavy atom. The van der Waals surface area contributed by atoms with E-state index in [1.54, 1.807) is 7.05 Å². The van der Waals surface area contributed by atoms with Crippen LogP contribution in [0.4, 0.5) is 0 Å². The Balaban J connectivity index is 1.75. The van der Waals surface area contributed by atoms with E-state index in [0.29, 0.717) is 18.6 Å². The van der Waals surface area contributed by atoms with Gasteiger partial charge in [0.05, 0.1) is 6.04 Å². The monoisotopic (exact) mass is 338 g/mol. The van der Waals surface area contributed by atoms with Crippen LogP contribution in [0.3, 0.4) is 0 Å². The van der Waals surface area contributed by atoms with E-state index in [1.165, 1.54) is 0 Å². The van der Waals surface area contributed by atoms with Gasteiger partial charge in [0.2, 0.25) is 11.8 Å². The number of ether oxygens (including phenoxy) is 1. The van der Waals surface area contributed by atoms with Crippen LogP contribution in [-0.4, -0.2) is 18.9 Å². The third kappa shape index (κ3) is 3.50. The zero-order valence-electron chi connectivity index (χ0n) is 14.4. The molecule has 2 aromatic rings. The Labute approximate surface area is 147 Å². The summed E-state index contributed by atoms with van der Waals surface area (Å²) in [6.45, 7) is 1.89. The molecule has 0 aliphatic heterocycles. The molecule has 1 atom stereocenters. The molecule has 1 aliphatic carbocycles. The van der Waals surface area contributed by atoms with Crippen molar-refractivity contribution in [2.75, 3.05) is 7.05 Å². The van der Waals surface area contributed by atoms with Crippen LogP contribution in [0.2, 0.25) is 0 Å². The van der Waals surface area contributed by atoms with E-state index in [-0.39, 0.29) is 17.9 Å². The Bertz CT molecular complexity index is 770. The highest BCUT2D eigenvalue weighted by atomic mass is 16.5. The van der Waals surface area contributed by atoms with Crippen molar-refractivity contribution in [3.8, 4) is 11.5 Å². The van der Waals surface area contributed by atoms with Gasteiger partial charge in [-0.3, -0.25) is 9.59 Å². The topological polar surface area (TPSA) is 67.4 Å². The average molecular weight is 338 g/mol. The van der Waals surface area contributed by atoms with Gasteiger partial charge in [-0.15, -0.1) is 0 Å². The van der Waals surface area contributed by atoms with Crippen LogP contribution < -0.4 is 15.4 Å². The van der Waals surface area contributed by atoms with Gasteiger partial charge >= 0.3 is 0 Å². The Morgan fingerprint density at radius 3 is 2.28 bits per heavy atom. The number of rotatable bonds is 6. The van der Waals surface area contributed by atoms with E-state index in [1.807, 2.05) is 61.5 Å². The molecule has 130 valence electrons. The number of amides is 2. The lowest BCUT2D eigenvalue weighted by molar-refractivity contribution is -0.137. The third-order valence-electron chi connectivity index (χ3n) is 4.55. The summed E-state index contributed by atoms with van der Waals surface area (Å²) in [5.74, 6) is 0.976. The van der Waals surface area contributed by atoms with Crippen molar-refractivity contribution in [2.45, 2.75) is 25.8 Å². The molecule has 2 amide bonds. The summed E-state index contributed by atoms with van der Waals surface area (Å²) in [6.07, 6.45) is 1.18. The number of hydrogen-bond donors (Lipinski definition) is 2. The highest BCUT2D eigenvalue weighted by Crippen LogP contribution is 2.46. The molecular weight excluding hydrogens is 316 g/mol. The first-order valence-electron chi connectivity index (χ1n) is 8.42. The molecule has 3 rings (SSSR count). The van der Waals surface area contributed by atoms with E-state index in [2.05, 4.69) is 10.6 Å². The summed E-state index contributed by atoms with van der Waals surface area (Å²) in [5.41, 5.74) is -0.0366. The highest BCUT2D eigenvalue weighted by molar-refractivity contribution is 6.07. The minimum Gasteiger partial charge on any atom is -0.457 e. The predicted octanol–water partition coefficient (Wildman–Crippen LogP) is 3.18. The van der Waals surface area contributed by atoms with Crippen molar-refractivity contribution in [1.29, 1.82) is 0 Å². The zero-order valence-corrected chi connectivity index (χ0v) is 14.4. The van der Waals surface area contributed by atoms with Crippen LogP contribution in [0.1, 0.15) is 31.4 Å². The van der Waals surface area contributed by atoms with Crippen LogP contribution in [0, 0.1) is 5.41 Å². The second-order valence-electron chi connectivity index (χ2n) is 6.31. The summed E-state index contributed by atoms with van der Waals surface area (Å²) in [7, 11) is 1.56. The molecule has 2 N–H and O–H groups in total. The van der Waals surface area contributed by atoms with Crippen LogP contribution >= 0.6 is 0 Å². The van der Waals surface area contributed by atoms with Gasteiger partial charge in [0.1, 0.15) is 16.9 Å². The van der Waals surface area contributed by atoms with Gasteiger partial charge < -0.3 is 15.4 Å². The van der Waals surface area contributed by atoms with Crippen LogP contribution in [0.5, 0.6) is 11.5 Å². The summed E-state index contributed by atoms with van der Waals surface area (Å²) in [5, 5.41) is 5.54. The fourth-order valence-corrected chi connectivity index (χ4v) is 2.88. The quantitative estimate of drug-likeness (QED) is 0.795. The smallest absolute Gasteiger partial charge is 0.236 e. The average Bonchev–Trinajstić information content (AvgIpc) is 3.44. The van der Waals surface area contributed by atoms with Crippen molar-refractivity contribution < 1.29 is 14.3 Å². The normalized spacial score (nSPS) is 15.8. The van der Waals surface area contributed by atoms with Crippen molar-refractivity contribution in [3.05, 3.63) is 60.2 Å². The Kier molecular flexibility index (Phi) is 4.74. The molecule has 0 radical (unpaired) electrons. The van der Waals surface area contributed by atoms with E-state index in [4.69, 9.17) is 4.74 Å². The maximum atomic E-state index is 12.6. The zero-order chi connectivity index (χ0) is 17.9. The molecule has 0 heterocycles. The molecule has 1 saturated carbocycles. The minimum atomic E-state index is -0.905. The molecule has 0 saturated heterocycles. The summed E-state index contributed by atoms with van der Waals surface area (Å²) >= 11 is 0. The molecule has 0 bridgehead atoms. The third-order valence-corrected chi connectivity index (χ3v) is 4.55. The van der Waals surface area contributed by atoms with Crippen molar-refractivity contribution in [1.82, 2.24) is 10.6 Å². The largest absolute Gasteiger partial charge is 0.457 e. The maximum Gasteiger partial charge on any atom is 0.236 e. The minimum absolute atomic E-state index is 0.217. The van der Waals surface area contributed by atoms with Gasteiger partial charge in [0.15, 0.2) is 0 Å². The van der Waals surface area contributed by atoms with Crippen molar-refractivity contribution in [2.24, 2.45) is 5.41 Å². The van der Waals surface area contributed by atoms with Gasteiger partial charge in [-0.2, -0.15) is 0 Å². The molecule has 2 aromatic carbocycles. The number of para-hydroxylation sites is 2. The van der Waals surface area contributed by atoms with E-state index in [0.717, 1.165) is 11.3 Å². The second-order valence-corrected chi connectivity index (χ2v) is 6.31. The highest BCUT2D eigenvalue weighted by Gasteiger charge is 2.56. The fourth-order valence-electron chi connectivity index (χ4n) is 2.88. The number of hydrogen-bond acceptors (Lipinski definition) is 3. The molecule has 1 fully saturated rings. The lowest BCUT2D eigenvalue weighted by Gasteiger charge is -2.21. The molecule has 1 aliphatic rings. The van der Waals surface area contributed by atoms with Gasteiger partial charge in [-0.25, -0.2) is 0 Å². The molecule has 25 heavy (non-hydrogen) atoms. The van der Waals surface area contributed by atoms with E-state index < -0.39 is 5.41 Å². The summed E-state index contributed by atoms with van der Waals surface area (Å²) in [6, 6.07) is 16.8. The van der Waals surface area contributed by atoms with Gasteiger partial charge in [-0.1, -0.05) is 36.4 Å². The number of carbonyl (C=O) groups excluding carboxylic acids is 2. The number of carbonyl (C=O) groups is 2. The number of nitrogens with one attached hydrogen (secondary N) is 2. The standard InChI is InChI=1S/C20H22N2O3/c1-14(22-19(24)20(12-13-20)18(23)21-2)16-10-6-7-11-17(16)25-15-8-4-3-5-9-15/h3-11,14H,12-13H2,1-2H3,(H,21,23)(H,22,24). The lowest BCUT2D eigenvalue weighted by Crippen LogP contribution is -2.42. The molecular formula is C20H22N2O3. The molecule has 0 aromatic heterocycles. The SMILES string of the molecule is CNC(=O)C1(C(=O)NC(C)c2ccccc2Oc2ccccc2)CC1. The van der Waals surface area contributed by atoms with E-state index in [9.17, 15) is 9.59 Å². The summed E-state index contributed by atoms with van der Waals surface area (Å²) < 4.78 is 5.95. The van der Waals surface area contributed by atoms with Gasteiger partial charge in [-0.05, 0) is 38.0 Å². The number of benzene rings is 2. The van der Waals surface area contributed by atoms with E-state index >= 15 is 0 Å². The van der Waals surface area contributed by atoms with Gasteiger partial charge in [0, 0.05) is 12.6 Å². The second kappa shape index (κ2) is 6.97.